The third-order valence-corrected chi connectivity index (χ3v) is 4.63. The Kier molecular flexibility index (Phi) is 4.28. The van der Waals surface area contributed by atoms with E-state index in [9.17, 15) is 10.1 Å². The molecule has 1 atom stereocenters. The Hall–Kier alpha value is -0.750. The van der Waals surface area contributed by atoms with E-state index in [1.165, 1.54) is 24.0 Å². The first-order chi connectivity index (χ1) is 8.16. The van der Waals surface area contributed by atoms with Gasteiger partial charge in [0, 0.05) is 18.3 Å². The topological polar surface area (TPSA) is 55.2 Å². The molecule has 92 valence electrons. The summed E-state index contributed by atoms with van der Waals surface area (Å²) in [5, 5.41) is 14.0. The third kappa shape index (κ3) is 3.35. The van der Waals surface area contributed by atoms with Crippen molar-refractivity contribution in [2.75, 3.05) is 23.4 Å². The van der Waals surface area contributed by atoms with Crippen LogP contribution in [0.15, 0.2) is 22.7 Å². The van der Waals surface area contributed by atoms with Crippen LogP contribution in [0.25, 0.3) is 0 Å². The number of hydrogen-bond donors (Lipinski definition) is 1. The zero-order valence-electron chi connectivity index (χ0n) is 9.19. The molecule has 0 aliphatic carbocycles. The number of nitro benzene ring substituents is 1. The fraction of sp³-hybridized carbons (Fsp3) is 0.455. The van der Waals surface area contributed by atoms with Crippen molar-refractivity contribution >= 4 is 39.1 Å². The van der Waals surface area contributed by atoms with Crippen LogP contribution >= 0.6 is 27.7 Å². The molecule has 1 aromatic carbocycles. The van der Waals surface area contributed by atoms with Gasteiger partial charge in [-0.3, -0.25) is 10.1 Å². The van der Waals surface area contributed by atoms with Crippen LogP contribution in [0.4, 0.5) is 11.4 Å². The summed E-state index contributed by atoms with van der Waals surface area (Å²) in [6.45, 7) is 0.942. The van der Waals surface area contributed by atoms with Crippen molar-refractivity contribution in [1.82, 2.24) is 0 Å². The van der Waals surface area contributed by atoms with Gasteiger partial charge in [-0.05, 0) is 51.9 Å². The highest BCUT2D eigenvalue weighted by Crippen LogP contribution is 2.28. The summed E-state index contributed by atoms with van der Waals surface area (Å²) in [7, 11) is 0. The summed E-state index contributed by atoms with van der Waals surface area (Å²) in [6.07, 6.45) is 1.26. The van der Waals surface area contributed by atoms with Gasteiger partial charge in [0.15, 0.2) is 0 Å². The summed E-state index contributed by atoms with van der Waals surface area (Å²) >= 11 is 5.20. The fourth-order valence-corrected chi connectivity index (χ4v) is 3.58. The van der Waals surface area contributed by atoms with E-state index < -0.39 is 0 Å². The smallest absolute Gasteiger partial charge is 0.283 e. The lowest BCUT2D eigenvalue weighted by Gasteiger charge is -2.11. The van der Waals surface area contributed by atoms with Crippen molar-refractivity contribution in [2.24, 2.45) is 5.92 Å². The first-order valence-corrected chi connectivity index (χ1v) is 7.37. The molecule has 6 heteroatoms. The van der Waals surface area contributed by atoms with Gasteiger partial charge in [-0.15, -0.1) is 0 Å². The molecule has 0 amide bonds. The molecule has 1 N–H and O–H groups in total. The van der Waals surface area contributed by atoms with E-state index in [-0.39, 0.29) is 10.6 Å². The molecular weight excluding hydrogens is 304 g/mol. The molecule has 0 saturated carbocycles. The molecule has 1 saturated heterocycles. The summed E-state index contributed by atoms with van der Waals surface area (Å²) in [5.74, 6) is 3.17. The van der Waals surface area contributed by atoms with Crippen LogP contribution in [0.1, 0.15) is 6.42 Å². The zero-order valence-corrected chi connectivity index (χ0v) is 11.6. The quantitative estimate of drug-likeness (QED) is 0.682. The van der Waals surface area contributed by atoms with E-state index in [0.717, 1.165) is 12.2 Å². The lowest BCUT2D eigenvalue weighted by atomic mass is 10.1. The molecule has 0 radical (unpaired) electrons. The SMILES string of the molecule is O=[N+]([O-])c1ccc(NCC2CCSC2)cc1Br. The maximum absolute atomic E-state index is 10.7. The Morgan fingerprint density at radius 3 is 3.00 bits per heavy atom. The van der Waals surface area contributed by atoms with Crippen LogP contribution in [0, 0.1) is 16.0 Å². The molecule has 1 unspecified atom stereocenters. The zero-order chi connectivity index (χ0) is 12.3. The second-order valence-electron chi connectivity index (χ2n) is 4.03. The first-order valence-electron chi connectivity index (χ1n) is 5.42. The molecular formula is C11H13BrN2O2S. The van der Waals surface area contributed by atoms with Crippen LogP contribution in [0.5, 0.6) is 0 Å². The molecule has 4 nitrogen and oxygen atoms in total. The summed E-state index contributed by atoms with van der Waals surface area (Å²) in [5.41, 5.74) is 1.03. The van der Waals surface area contributed by atoms with Crippen LogP contribution in [0.3, 0.4) is 0 Å². The van der Waals surface area contributed by atoms with E-state index in [1.807, 2.05) is 11.8 Å². The number of nitro groups is 1. The highest BCUT2D eigenvalue weighted by molar-refractivity contribution is 9.10. The van der Waals surface area contributed by atoms with Crippen LogP contribution in [-0.4, -0.2) is 23.0 Å². The minimum atomic E-state index is -0.387. The number of nitrogens with one attached hydrogen (secondary N) is 1. The lowest BCUT2D eigenvalue weighted by Crippen LogP contribution is -2.13. The normalized spacial score (nSPS) is 19.2. The number of anilines is 1. The summed E-state index contributed by atoms with van der Waals surface area (Å²) < 4.78 is 0.522. The molecule has 1 aliphatic rings. The Morgan fingerprint density at radius 2 is 2.41 bits per heavy atom. The van der Waals surface area contributed by atoms with Gasteiger partial charge in [-0.2, -0.15) is 11.8 Å². The van der Waals surface area contributed by atoms with Crippen molar-refractivity contribution in [3.63, 3.8) is 0 Å². The number of halogens is 1. The molecule has 0 spiro atoms. The molecule has 1 aromatic rings. The van der Waals surface area contributed by atoms with E-state index in [1.54, 1.807) is 12.1 Å². The Labute approximate surface area is 112 Å². The summed E-state index contributed by atoms with van der Waals surface area (Å²) in [6, 6.07) is 5.04. The Balaban J connectivity index is 1.97. The Morgan fingerprint density at radius 1 is 1.59 bits per heavy atom. The van der Waals surface area contributed by atoms with Gasteiger partial charge in [0.1, 0.15) is 0 Å². The van der Waals surface area contributed by atoms with E-state index in [4.69, 9.17) is 0 Å². The number of hydrogen-bond acceptors (Lipinski definition) is 4. The summed E-state index contributed by atoms with van der Waals surface area (Å²) in [4.78, 5) is 10.3. The first kappa shape index (κ1) is 12.7. The van der Waals surface area contributed by atoms with Crippen LogP contribution < -0.4 is 5.32 Å². The second kappa shape index (κ2) is 5.73. The predicted octanol–water partition coefficient (Wildman–Crippen LogP) is 3.52. The van der Waals surface area contributed by atoms with Crippen LogP contribution in [0.2, 0.25) is 0 Å². The standard InChI is InChI=1S/C11H13BrN2O2S/c12-10-5-9(1-2-11(10)14(15)16)13-6-8-3-4-17-7-8/h1-2,5,8,13H,3-4,6-7H2. The maximum Gasteiger partial charge on any atom is 0.283 e. The average molecular weight is 317 g/mol. The minimum absolute atomic E-state index is 0.104. The molecule has 0 bridgehead atoms. The number of benzene rings is 1. The average Bonchev–Trinajstić information content (AvgIpc) is 2.78. The van der Waals surface area contributed by atoms with Gasteiger partial charge >= 0.3 is 0 Å². The van der Waals surface area contributed by atoms with E-state index in [0.29, 0.717) is 10.4 Å². The van der Waals surface area contributed by atoms with E-state index >= 15 is 0 Å². The largest absolute Gasteiger partial charge is 0.385 e. The highest BCUT2D eigenvalue weighted by Gasteiger charge is 2.16. The number of nitrogens with zero attached hydrogens (tertiary/aromatic N) is 1. The molecule has 0 aromatic heterocycles. The molecule has 1 fully saturated rings. The van der Waals surface area contributed by atoms with Gasteiger partial charge in [0.05, 0.1) is 9.40 Å². The van der Waals surface area contributed by atoms with Gasteiger partial charge in [0.25, 0.3) is 5.69 Å². The number of rotatable bonds is 4. The van der Waals surface area contributed by atoms with Crippen molar-refractivity contribution < 1.29 is 4.92 Å². The second-order valence-corrected chi connectivity index (χ2v) is 6.04. The van der Waals surface area contributed by atoms with Crippen molar-refractivity contribution in [3.05, 3.63) is 32.8 Å². The molecule has 17 heavy (non-hydrogen) atoms. The molecule has 1 aliphatic heterocycles. The fourth-order valence-electron chi connectivity index (χ4n) is 1.77. The molecule has 1 heterocycles. The Bertz CT molecular complexity index is 422. The van der Waals surface area contributed by atoms with Gasteiger partial charge in [0.2, 0.25) is 0 Å². The third-order valence-electron chi connectivity index (χ3n) is 2.76. The number of thioether (sulfide) groups is 1. The monoisotopic (exact) mass is 316 g/mol. The van der Waals surface area contributed by atoms with Gasteiger partial charge in [-0.1, -0.05) is 0 Å². The lowest BCUT2D eigenvalue weighted by molar-refractivity contribution is -0.385. The van der Waals surface area contributed by atoms with Crippen molar-refractivity contribution in [1.29, 1.82) is 0 Å². The van der Waals surface area contributed by atoms with Crippen molar-refractivity contribution in [2.45, 2.75) is 6.42 Å². The molecule has 2 rings (SSSR count). The predicted molar refractivity (Wildman–Crippen MR) is 74.7 cm³/mol. The van der Waals surface area contributed by atoms with Gasteiger partial charge in [-0.25, -0.2) is 0 Å². The van der Waals surface area contributed by atoms with E-state index in [2.05, 4.69) is 21.2 Å². The minimum Gasteiger partial charge on any atom is -0.385 e. The maximum atomic E-state index is 10.7. The highest BCUT2D eigenvalue weighted by atomic mass is 79.9. The van der Waals surface area contributed by atoms with Crippen LogP contribution in [-0.2, 0) is 0 Å². The van der Waals surface area contributed by atoms with Crippen molar-refractivity contribution in [3.8, 4) is 0 Å². The van der Waals surface area contributed by atoms with Gasteiger partial charge < -0.3 is 5.32 Å².